The first-order valence-corrected chi connectivity index (χ1v) is 6.82. The molecular weight excluding hydrogens is 302 g/mol. The maximum absolute atomic E-state index is 11.1. The van der Waals surface area contributed by atoms with Crippen molar-refractivity contribution in [3.8, 4) is 17.1 Å². The molecule has 2 aromatic rings. The molecular formula is C16H15NO6. The minimum Gasteiger partial charge on any atom is -0.493 e. The lowest BCUT2D eigenvalue weighted by molar-refractivity contribution is -0.384. The van der Waals surface area contributed by atoms with E-state index in [1.807, 2.05) is 0 Å². The molecule has 1 aromatic heterocycles. The second-order valence-electron chi connectivity index (χ2n) is 4.43. The number of hydrogen-bond acceptors (Lipinski definition) is 6. The van der Waals surface area contributed by atoms with Gasteiger partial charge in [-0.05, 0) is 31.2 Å². The fourth-order valence-electron chi connectivity index (χ4n) is 1.91. The first-order chi connectivity index (χ1) is 11.0. The number of non-ortho nitro benzene ring substituents is 1. The standard InChI is InChI=1S/C16H15NO6/c1-3-22-15-10-11(17(19)20)4-7-13(15)14-8-5-12(23-14)6-9-16(18)21-2/h4-10H,3H2,1-2H3/b9-6+. The fourth-order valence-corrected chi connectivity index (χ4v) is 1.91. The molecule has 0 saturated heterocycles. The lowest BCUT2D eigenvalue weighted by Gasteiger charge is -2.07. The Hall–Kier alpha value is -3.09. The van der Waals surface area contributed by atoms with Gasteiger partial charge in [0.2, 0.25) is 0 Å². The van der Waals surface area contributed by atoms with E-state index in [4.69, 9.17) is 9.15 Å². The largest absolute Gasteiger partial charge is 0.493 e. The number of methoxy groups -OCH3 is 1. The van der Waals surface area contributed by atoms with Crippen LogP contribution >= 0.6 is 0 Å². The number of benzene rings is 1. The monoisotopic (exact) mass is 317 g/mol. The molecule has 0 saturated carbocycles. The summed E-state index contributed by atoms with van der Waals surface area (Å²) >= 11 is 0. The highest BCUT2D eigenvalue weighted by atomic mass is 16.6. The lowest BCUT2D eigenvalue weighted by Crippen LogP contribution is -1.96. The van der Waals surface area contributed by atoms with Gasteiger partial charge in [-0.15, -0.1) is 0 Å². The highest BCUT2D eigenvalue weighted by Gasteiger charge is 2.15. The summed E-state index contributed by atoms with van der Waals surface area (Å²) in [4.78, 5) is 21.4. The number of carbonyl (C=O) groups excluding carboxylic acids is 1. The molecule has 0 fully saturated rings. The molecule has 1 aromatic carbocycles. The van der Waals surface area contributed by atoms with Crippen molar-refractivity contribution in [1.29, 1.82) is 0 Å². The van der Waals surface area contributed by atoms with E-state index in [0.29, 0.717) is 29.4 Å². The molecule has 0 aliphatic heterocycles. The van der Waals surface area contributed by atoms with Crippen LogP contribution in [0.3, 0.4) is 0 Å². The molecule has 0 bridgehead atoms. The summed E-state index contributed by atoms with van der Waals surface area (Å²) in [5.74, 6) is 0.798. The normalized spacial score (nSPS) is 10.7. The van der Waals surface area contributed by atoms with Crippen LogP contribution in [0, 0.1) is 10.1 Å². The van der Waals surface area contributed by atoms with Crippen LogP contribution in [-0.4, -0.2) is 24.6 Å². The van der Waals surface area contributed by atoms with E-state index in [1.165, 1.54) is 31.4 Å². The van der Waals surface area contributed by atoms with Gasteiger partial charge in [0, 0.05) is 12.1 Å². The van der Waals surface area contributed by atoms with Crippen molar-refractivity contribution in [2.75, 3.05) is 13.7 Å². The van der Waals surface area contributed by atoms with Gasteiger partial charge >= 0.3 is 5.97 Å². The van der Waals surface area contributed by atoms with Crippen LogP contribution in [0.25, 0.3) is 17.4 Å². The second-order valence-corrected chi connectivity index (χ2v) is 4.43. The number of esters is 1. The Kier molecular flexibility index (Phi) is 5.14. The van der Waals surface area contributed by atoms with Gasteiger partial charge in [-0.2, -0.15) is 0 Å². The number of furan rings is 1. The third-order valence-corrected chi connectivity index (χ3v) is 2.95. The van der Waals surface area contributed by atoms with E-state index < -0.39 is 10.9 Å². The first kappa shape index (κ1) is 16.3. The molecule has 0 N–H and O–H groups in total. The van der Waals surface area contributed by atoms with Crippen molar-refractivity contribution >= 4 is 17.7 Å². The van der Waals surface area contributed by atoms with Crippen molar-refractivity contribution in [2.24, 2.45) is 0 Å². The van der Waals surface area contributed by atoms with Crippen LogP contribution in [0.1, 0.15) is 12.7 Å². The molecule has 0 radical (unpaired) electrons. The molecule has 1 heterocycles. The van der Waals surface area contributed by atoms with Gasteiger partial charge in [0.1, 0.15) is 17.3 Å². The molecule has 0 aliphatic carbocycles. The van der Waals surface area contributed by atoms with Crippen molar-refractivity contribution in [3.05, 3.63) is 52.3 Å². The van der Waals surface area contributed by atoms with E-state index in [2.05, 4.69) is 4.74 Å². The molecule has 7 nitrogen and oxygen atoms in total. The summed E-state index contributed by atoms with van der Waals surface area (Å²) in [5.41, 5.74) is 0.532. The van der Waals surface area contributed by atoms with Crippen LogP contribution in [0.4, 0.5) is 5.69 Å². The van der Waals surface area contributed by atoms with Crippen LogP contribution in [0.15, 0.2) is 40.8 Å². The Bertz CT molecular complexity index is 747. The van der Waals surface area contributed by atoms with Crippen molar-refractivity contribution in [3.63, 3.8) is 0 Å². The van der Waals surface area contributed by atoms with Crippen molar-refractivity contribution in [2.45, 2.75) is 6.92 Å². The maximum atomic E-state index is 11.1. The summed E-state index contributed by atoms with van der Waals surface area (Å²) < 4.78 is 15.6. The Morgan fingerprint density at radius 2 is 2.13 bits per heavy atom. The van der Waals surface area contributed by atoms with Crippen LogP contribution < -0.4 is 4.74 Å². The lowest BCUT2D eigenvalue weighted by atomic mass is 10.1. The summed E-state index contributed by atoms with van der Waals surface area (Å²) in [6.45, 7) is 2.15. The third-order valence-electron chi connectivity index (χ3n) is 2.95. The van der Waals surface area contributed by atoms with Gasteiger partial charge in [0.25, 0.3) is 5.69 Å². The number of rotatable bonds is 6. The van der Waals surface area contributed by atoms with Crippen LogP contribution in [-0.2, 0) is 9.53 Å². The summed E-state index contributed by atoms with van der Waals surface area (Å²) in [7, 11) is 1.28. The molecule has 0 spiro atoms. The number of nitrogens with zero attached hydrogens (tertiary/aromatic N) is 1. The molecule has 0 amide bonds. The fraction of sp³-hybridized carbons (Fsp3) is 0.188. The predicted molar refractivity (Wildman–Crippen MR) is 83.0 cm³/mol. The second kappa shape index (κ2) is 7.26. The zero-order chi connectivity index (χ0) is 16.8. The van der Waals surface area contributed by atoms with Crippen molar-refractivity contribution < 1.29 is 23.6 Å². The first-order valence-electron chi connectivity index (χ1n) is 6.82. The highest BCUT2D eigenvalue weighted by Crippen LogP contribution is 2.34. The number of ether oxygens (including phenoxy) is 2. The Morgan fingerprint density at radius 1 is 1.35 bits per heavy atom. The van der Waals surface area contributed by atoms with Gasteiger partial charge in [-0.1, -0.05) is 0 Å². The van der Waals surface area contributed by atoms with Gasteiger partial charge < -0.3 is 13.9 Å². The SMILES string of the molecule is CCOc1cc([N+](=O)[O-])ccc1-c1ccc(/C=C/C(=O)OC)o1. The van der Waals surface area contributed by atoms with Crippen LogP contribution in [0.2, 0.25) is 0 Å². The molecule has 0 atom stereocenters. The van der Waals surface area contributed by atoms with Gasteiger partial charge in [-0.3, -0.25) is 10.1 Å². The highest BCUT2D eigenvalue weighted by molar-refractivity contribution is 5.86. The zero-order valence-electron chi connectivity index (χ0n) is 12.6. The molecule has 23 heavy (non-hydrogen) atoms. The Labute approximate surface area is 132 Å². The minimum absolute atomic E-state index is 0.0606. The smallest absolute Gasteiger partial charge is 0.330 e. The average Bonchev–Trinajstić information content (AvgIpc) is 3.01. The minimum atomic E-state index is -0.492. The van der Waals surface area contributed by atoms with Crippen LogP contribution in [0.5, 0.6) is 5.75 Å². The summed E-state index contributed by atoms with van der Waals surface area (Å²) in [5, 5.41) is 10.9. The number of nitro groups is 1. The maximum Gasteiger partial charge on any atom is 0.330 e. The topological polar surface area (TPSA) is 91.8 Å². The number of carbonyl (C=O) groups is 1. The number of nitro benzene ring substituents is 1. The molecule has 2 rings (SSSR count). The Morgan fingerprint density at radius 3 is 2.78 bits per heavy atom. The quantitative estimate of drug-likeness (QED) is 0.351. The predicted octanol–water partition coefficient (Wildman–Crippen LogP) is 3.44. The van der Waals surface area contributed by atoms with Crippen molar-refractivity contribution in [1.82, 2.24) is 0 Å². The molecule has 7 heteroatoms. The van der Waals surface area contributed by atoms with Gasteiger partial charge in [0.05, 0.1) is 30.3 Å². The Balaban J connectivity index is 2.34. The van der Waals surface area contributed by atoms with E-state index in [-0.39, 0.29) is 5.69 Å². The molecule has 0 aliphatic rings. The van der Waals surface area contributed by atoms with E-state index in [0.717, 1.165) is 0 Å². The van der Waals surface area contributed by atoms with Gasteiger partial charge in [0.15, 0.2) is 0 Å². The zero-order valence-corrected chi connectivity index (χ0v) is 12.6. The van der Waals surface area contributed by atoms with E-state index in [1.54, 1.807) is 25.1 Å². The average molecular weight is 317 g/mol. The van der Waals surface area contributed by atoms with E-state index >= 15 is 0 Å². The van der Waals surface area contributed by atoms with Gasteiger partial charge in [-0.25, -0.2) is 4.79 Å². The summed E-state index contributed by atoms with van der Waals surface area (Å²) in [6.07, 6.45) is 2.71. The molecule has 0 unspecified atom stereocenters. The summed E-state index contributed by atoms with van der Waals surface area (Å²) in [6, 6.07) is 7.66. The van der Waals surface area contributed by atoms with E-state index in [9.17, 15) is 14.9 Å². The molecule has 120 valence electrons. The number of hydrogen-bond donors (Lipinski definition) is 0. The third kappa shape index (κ3) is 3.97.